The predicted octanol–water partition coefficient (Wildman–Crippen LogP) is 4.72. The molecule has 236 valence electrons. The molecule has 9 nitrogen and oxygen atoms in total. The van der Waals surface area contributed by atoms with Crippen molar-refractivity contribution < 1.29 is 27.8 Å². The smallest absolute Gasteiger partial charge is 0.271 e. The van der Waals surface area contributed by atoms with Crippen LogP contribution in [0.25, 0.3) is 0 Å². The second-order valence-electron chi connectivity index (χ2n) is 12.2. The molecule has 0 aliphatic heterocycles. The minimum absolute atomic E-state index is 0.0864. The van der Waals surface area contributed by atoms with E-state index in [1.165, 1.54) is 0 Å². The van der Waals surface area contributed by atoms with Crippen LogP contribution in [0.5, 0.6) is 5.75 Å². The highest BCUT2D eigenvalue weighted by atomic mass is 35.5. The molecule has 1 aliphatic carbocycles. The third-order valence-corrected chi connectivity index (χ3v) is 11.1. The topological polar surface area (TPSA) is 131 Å². The fourth-order valence-electron chi connectivity index (χ4n) is 5.33. The molecule has 3 atom stereocenters. The summed E-state index contributed by atoms with van der Waals surface area (Å²) in [5, 5.41) is 10.8. The molecule has 1 aromatic rings. The fraction of sp³-hybridized carbons (Fsp3) is 0.767. The van der Waals surface area contributed by atoms with Gasteiger partial charge in [0.2, 0.25) is 10.0 Å². The van der Waals surface area contributed by atoms with Gasteiger partial charge in [-0.15, -0.1) is 0 Å². The molecule has 0 unspecified atom stereocenters. The highest BCUT2D eigenvalue weighted by molar-refractivity contribution is 7.90. The van der Waals surface area contributed by atoms with E-state index in [1.54, 1.807) is 39.2 Å². The molecule has 41 heavy (non-hydrogen) atoms. The Balaban J connectivity index is 1.96. The first-order valence-electron chi connectivity index (χ1n) is 14.9. The minimum atomic E-state index is -3.67. The molecule has 0 heterocycles. The summed E-state index contributed by atoms with van der Waals surface area (Å²) in [5.74, 6) is 0.159. The number of ether oxygens (including phenoxy) is 2. The predicted molar refractivity (Wildman–Crippen MR) is 164 cm³/mol. The lowest BCUT2D eigenvalue weighted by Gasteiger charge is -2.36. The molecule has 1 fully saturated rings. The van der Waals surface area contributed by atoms with Crippen molar-refractivity contribution in [2.75, 3.05) is 33.4 Å². The Morgan fingerprint density at radius 2 is 1.80 bits per heavy atom. The van der Waals surface area contributed by atoms with E-state index in [1.807, 2.05) is 19.9 Å². The number of carbonyl (C=O) groups is 1. The molecule has 0 saturated heterocycles. The lowest BCUT2D eigenvalue weighted by Crippen LogP contribution is -2.52. The van der Waals surface area contributed by atoms with E-state index in [0.717, 1.165) is 49.4 Å². The average molecular weight is 618 g/mol. The van der Waals surface area contributed by atoms with Gasteiger partial charge in [0.1, 0.15) is 5.75 Å². The summed E-state index contributed by atoms with van der Waals surface area (Å²) in [6.07, 6.45) is 5.95. The van der Waals surface area contributed by atoms with Crippen molar-refractivity contribution in [3.05, 3.63) is 29.8 Å². The molecule has 0 bridgehead atoms. The number of halogens is 1. The van der Waals surface area contributed by atoms with Crippen LogP contribution in [-0.4, -0.2) is 74.2 Å². The van der Waals surface area contributed by atoms with Crippen LogP contribution in [-0.2, 0) is 14.8 Å². The van der Waals surface area contributed by atoms with E-state index in [9.17, 15) is 18.3 Å². The van der Waals surface area contributed by atoms with Gasteiger partial charge in [0.25, 0.3) is 5.91 Å². The van der Waals surface area contributed by atoms with Crippen LogP contribution in [0.3, 0.4) is 0 Å². The van der Waals surface area contributed by atoms with E-state index in [0.29, 0.717) is 30.9 Å². The number of hydrogen-bond acceptors (Lipinski definition) is 7. The fourth-order valence-corrected chi connectivity index (χ4v) is 7.04. The Kier molecular flexibility index (Phi) is 14.8. The van der Waals surface area contributed by atoms with Gasteiger partial charge >= 0.3 is 0 Å². The SMILES string of the molecule is COCCCCOc1ccccc1C(=O)N(Cl)C[C@@H](C[C@H](N)[C@@H](O)CNS(=O)(=O)C(C)(C)C1CCCCC1)C(C)C. The maximum Gasteiger partial charge on any atom is 0.271 e. The van der Waals surface area contributed by atoms with Crippen LogP contribution >= 0.6 is 11.8 Å². The van der Waals surface area contributed by atoms with Crippen molar-refractivity contribution in [2.45, 2.75) is 96.0 Å². The molecule has 1 amide bonds. The zero-order chi connectivity index (χ0) is 30.6. The Labute approximate surface area is 252 Å². The number of hydrogen-bond donors (Lipinski definition) is 3. The first kappa shape index (κ1) is 35.8. The van der Waals surface area contributed by atoms with Crippen LogP contribution < -0.4 is 15.2 Å². The number of benzene rings is 1. The van der Waals surface area contributed by atoms with Gasteiger partial charge in [0.15, 0.2) is 0 Å². The lowest BCUT2D eigenvalue weighted by molar-refractivity contribution is 0.0816. The maximum absolute atomic E-state index is 13.3. The number of amides is 1. The highest BCUT2D eigenvalue weighted by Gasteiger charge is 2.42. The highest BCUT2D eigenvalue weighted by Crippen LogP contribution is 2.37. The van der Waals surface area contributed by atoms with Crippen LogP contribution in [0.2, 0.25) is 0 Å². The average Bonchev–Trinajstić information content (AvgIpc) is 2.95. The normalized spacial score (nSPS) is 17.3. The summed E-state index contributed by atoms with van der Waals surface area (Å²) in [7, 11) is -2.01. The van der Waals surface area contributed by atoms with Crippen LogP contribution in [0.1, 0.15) is 89.4 Å². The van der Waals surface area contributed by atoms with Gasteiger partial charge in [-0.05, 0) is 75.8 Å². The molecule has 11 heteroatoms. The van der Waals surface area contributed by atoms with Crippen LogP contribution in [0.15, 0.2) is 24.3 Å². The molecule has 0 spiro atoms. The van der Waals surface area contributed by atoms with Crippen molar-refractivity contribution in [1.82, 2.24) is 9.14 Å². The molecule has 1 saturated carbocycles. The number of para-hydroxylation sites is 1. The van der Waals surface area contributed by atoms with Gasteiger partial charge in [-0.1, -0.05) is 45.2 Å². The van der Waals surface area contributed by atoms with Crippen molar-refractivity contribution in [3.8, 4) is 5.75 Å². The summed E-state index contributed by atoms with van der Waals surface area (Å²) < 4.78 is 40.1. The second-order valence-corrected chi connectivity index (χ2v) is 14.9. The number of rotatable bonds is 18. The molecule has 1 aromatic carbocycles. The van der Waals surface area contributed by atoms with Crippen LogP contribution in [0, 0.1) is 17.8 Å². The van der Waals surface area contributed by atoms with E-state index < -0.39 is 26.9 Å². The van der Waals surface area contributed by atoms with Gasteiger partial charge in [0, 0.05) is 44.6 Å². The first-order chi connectivity index (χ1) is 19.3. The minimum Gasteiger partial charge on any atom is -0.493 e. The number of aliphatic hydroxyl groups excluding tert-OH is 1. The number of nitrogens with zero attached hydrogens (tertiary/aromatic N) is 1. The zero-order valence-corrected chi connectivity index (χ0v) is 27.1. The van der Waals surface area contributed by atoms with E-state index >= 15 is 0 Å². The molecule has 0 aromatic heterocycles. The number of carbonyl (C=O) groups excluding carboxylic acids is 1. The van der Waals surface area contributed by atoms with E-state index in [2.05, 4.69) is 4.72 Å². The van der Waals surface area contributed by atoms with Crippen LogP contribution in [0.4, 0.5) is 0 Å². The van der Waals surface area contributed by atoms with Gasteiger partial charge < -0.3 is 20.3 Å². The third-order valence-electron chi connectivity index (χ3n) is 8.51. The standard InChI is InChI=1S/C30H52ClN3O6S/c1-22(2)23(21-34(31)29(36)25-15-9-10-16-28(25)40-18-12-11-17-39-5)19-26(32)27(35)20-33-41(37,38)30(3,4)24-13-7-6-8-14-24/h9-10,15-16,22-24,26-27,33,35H,6-8,11-14,17-21,32H2,1-5H3/t23-,26+,27+/m1/s1. The van der Waals surface area contributed by atoms with E-state index in [-0.39, 0.29) is 36.8 Å². The monoisotopic (exact) mass is 617 g/mol. The number of nitrogens with two attached hydrogens (primary N) is 1. The summed E-state index contributed by atoms with van der Waals surface area (Å²) in [6.45, 7) is 8.70. The van der Waals surface area contributed by atoms with Gasteiger partial charge in [-0.25, -0.2) is 13.1 Å². The second kappa shape index (κ2) is 17.0. The summed E-state index contributed by atoms with van der Waals surface area (Å²) in [4.78, 5) is 13.3. The van der Waals surface area contributed by atoms with Gasteiger partial charge in [-0.3, -0.25) is 9.21 Å². The Hall–Kier alpha value is -1.43. The first-order valence-corrected chi connectivity index (χ1v) is 16.7. The molecule has 4 N–H and O–H groups in total. The number of nitrogens with one attached hydrogen (secondary N) is 1. The number of sulfonamides is 1. The zero-order valence-electron chi connectivity index (χ0n) is 25.5. The Bertz CT molecular complexity index is 1030. The molecular formula is C30H52ClN3O6S. The largest absolute Gasteiger partial charge is 0.493 e. The molecule has 2 rings (SSSR count). The summed E-state index contributed by atoms with van der Waals surface area (Å²) in [5.41, 5.74) is 6.72. The number of methoxy groups -OCH3 is 1. The van der Waals surface area contributed by atoms with E-state index in [4.69, 9.17) is 27.0 Å². The van der Waals surface area contributed by atoms with Crippen molar-refractivity contribution in [2.24, 2.45) is 23.5 Å². The number of unbranched alkanes of at least 4 members (excludes halogenated alkanes) is 1. The number of aliphatic hydroxyl groups is 1. The van der Waals surface area contributed by atoms with Gasteiger partial charge in [-0.2, -0.15) is 0 Å². The third kappa shape index (κ3) is 10.7. The Morgan fingerprint density at radius 3 is 2.44 bits per heavy atom. The van der Waals surface area contributed by atoms with Crippen molar-refractivity contribution in [1.29, 1.82) is 0 Å². The summed E-state index contributed by atoms with van der Waals surface area (Å²) >= 11 is 6.50. The maximum atomic E-state index is 13.3. The van der Waals surface area contributed by atoms with Crippen molar-refractivity contribution >= 4 is 27.7 Å². The Morgan fingerprint density at radius 1 is 1.17 bits per heavy atom. The molecule has 1 aliphatic rings. The van der Waals surface area contributed by atoms with Gasteiger partial charge in [0.05, 0.1) is 23.0 Å². The molecular weight excluding hydrogens is 566 g/mol. The quantitative estimate of drug-likeness (QED) is 0.160. The summed E-state index contributed by atoms with van der Waals surface area (Å²) in [6, 6.07) is 6.30. The lowest BCUT2D eigenvalue weighted by atomic mass is 9.81. The van der Waals surface area contributed by atoms with Crippen molar-refractivity contribution in [3.63, 3.8) is 0 Å². The molecule has 0 radical (unpaired) electrons.